The van der Waals surface area contributed by atoms with Gasteiger partial charge in [0.2, 0.25) is 5.88 Å². The third kappa shape index (κ3) is 4.62. The smallest absolute Gasteiger partial charge is 0.278 e. The Morgan fingerprint density at radius 3 is 2.82 bits per heavy atom. The Bertz CT molecular complexity index is 1100. The van der Waals surface area contributed by atoms with Crippen LogP contribution in [0.2, 0.25) is 0 Å². The molecule has 3 heterocycles. The zero-order valence-corrected chi connectivity index (χ0v) is 18.7. The third-order valence-corrected chi connectivity index (χ3v) is 6.74. The second kappa shape index (κ2) is 8.49. The van der Waals surface area contributed by atoms with Crippen LogP contribution in [-0.4, -0.2) is 52.5 Å². The number of amidine groups is 1. The first-order valence-corrected chi connectivity index (χ1v) is 11.0. The van der Waals surface area contributed by atoms with Crippen LogP contribution in [0.5, 0.6) is 5.88 Å². The number of carbonyl (C=O) groups excluding carboxylic acids is 1. The van der Waals surface area contributed by atoms with Crippen LogP contribution in [0.1, 0.15) is 29.9 Å². The lowest BCUT2D eigenvalue weighted by molar-refractivity contribution is -0.0243. The number of hydrogen-bond donors (Lipinski definition) is 2. The molecule has 0 radical (unpaired) electrons. The normalized spacial score (nSPS) is 24.7. The molecule has 12 heteroatoms. The molecule has 176 valence electrons. The molecule has 0 saturated carbocycles. The molecule has 0 bridgehead atoms. The zero-order chi connectivity index (χ0) is 23.9. The van der Waals surface area contributed by atoms with E-state index in [1.807, 2.05) is 6.92 Å². The number of thioether (sulfide) groups is 1. The minimum atomic E-state index is -3.02. The van der Waals surface area contributed by atoms with E-state index in [0.29, 0.717) is 30.1 Å². The van der Waals surface area contributed by atoms with Gasteiger partial charge in [0.25, 0.3) is 11.8 Å². The molecule has 2 aliphatic heterocycles. The largest absolute Gasteiger partial charge is 0.470 e. The van der Waals surface area contributed by atoms with E-state index in [2.05, 4.69) is 20.3 Å². The summed E-state index contributed by atoms with van der Waals surface area (Å²) in [4.78, 5) is 24.9. The molecule has 4 rings (SSSR count). The molecule has 1 aromatic heterocycles. The fourth-order valence-electron chi connectivity index (χ4n) is 3.79. The highest BCUT2D eigenvalue weighted by molar-refractivity contribution is 8.13. The summed E-state index contributed by atoms with van der Waals surface area (Å²) in [6.07, 6.45) is 2.18. The molecule has 33 heavy (non-hydrogen) atoms. The van der Waals surface area contributed by atoms with Gasteiger partial charge in [-0.3, -0.25) is 4.79 Å². The number of anilines is 1. The molecule has 0 spiro atoms. The first kappa shape index (κ1) is 23.3. The average molecular weight is 482 g/mol. The summed E-state index contributed by atoms with van der Waals surface area (Å²) in [5.74, 6) is -3.64. The number of aliphatic imine (C=N–C) groups is 1. The summed E-state index contributed by atoms with van der Waals surface area (Å²) in [5, 5.41) is 3.00. The summed E-state index contributed by atoms with van der Waals surface area (Å²) in [6, 6.07) is 4.18. The zero-order valence-electron chi connectivity index (χ0n) is 17.9. The Balaban J connectivity index is 1.55. The maximum absolute atomic E-state index is 15.0. The summed E-state index contributed by atoms with van der Waals surface area (Å²) < 4.78 is 51.3. The van der Waals surface area contributed by atoms with Gasteiger partial charge in [-0.1, -0.05) is 18.7 Å². The van der Waals surface area contributed by atoms with E-state index in [0.717, 1.165) is 12.4 Å². The maximum Gasteiger partial charge on any atom is 0.278 e. The number of benzene rings is 1. The molecule has 2 unspecified atom stereocenters. The highest BCUT2D eigenvalue weighted by atomic mass is 32.2. The number of nitrogens with zero attached hydrogens (tertiary/aromatic N) is 3. The summed E-state index contributed by atoms with van der Waals surface area (Å²) >= 11 is 1.40. The van der Waals surface area contributed by atoms with E-state index in [4.69, 9.17) is 15.2 Å². The van der Waals surface area contributed by atoms with Gasteiger partial charge in [-0.2, -0.15) is 0 Å². The van der Waals surface area contributed by atoms with E-state index in [-0.39, 0.29) is 23.7 Å². The summed E-state index contributed by atoms with van der Waals surface area (Å²) in [7, 11) is 0. The lowest BCUT2D eigenvalue weighted by Crippen LogP contribution is -2.48. The van der Waals surface area contributed by atoms with Crippen LogP contribution >= 0.6 is 11.8 Å². The van der Waals surface area contributed by atoms with E-state index in [9.17, 15) is 18.0 Å². The number of rotatable bonds is 6. The van der Waals surface area contributed by atoms with E-state index >= 15 is 0 Å². The molecule has 0 aliphatic carbocycles. The number of nitrogens with two attached hydrogens (primary N) is 1. The standard InChI is InChI=1S/C21H22F3N5O3S/c1-19-8-31-10-21(19,29-18(25)33-11-19)13-5-12(3-4-14(13)22)28-17(30)15-6-27-16(7-26-15)32-9-20(2,23)24/h3-7H,8-11H2,1-2H3,(H2,25,29)(H,28,30). The number of aromatic nitrogens is 2. The van der Waals surface area contributed by atoms with Crippen LogP contribution < -0.4 is 15.8 Å². The first-order valence-electron chi connectivity index (χ1n) is 10.0. The van der Waals surface area contributed by atoms with Crippen molar-refractivity contribution in [1.29, 1.82) is 0 Å². The van der Waals surface area contributed by atoms with Crippen molar-refractivity contribution in [2.75, 3.05) is 30.9 Å². The molecule has 1 fully saturated rings. The van der Waals surface area contributed by atoms with Crippen LogP contribution in [0.3, 0.4) is 0 Å². The molecule has 2 aromatic rings. The number of amides is 1. The van der Waals surface area contributed by atoms with Crippen molar-refractivity contribution in [3.63, 3.8) is 0 Å². The van der Waals surface area contributed by atoms with Crippen molar-refractivity contribution >= 4 is 28.5 Å². The lowest BCUT2D eigenvalue weighted by Gasteiger charge is -2.42. The quantitative estimate of drug-likeness (QED) is 0.652. The molecule has 1 amide bonds. The Morgan fingerprint density at radius 2 is 2.12 bits per heavy atom. The highest BCUT2D eigenvalue weighted by Gasteiger charge is 2.57. The Labute approximate surface area is 192 Å². The van der Waals surface area contributed by atoms with Gasteiger partial charge in [0.05, 0.1) is 25.6 Å². The molecule has 8 nitrogen and oxygen atoms in total. The second-order valence-electron chi connectivity index (χ2n) is 8.40. The number of nitrogens with one attached hydrogen (secondary N) is 1. The lowest BCUT2D eigenvalue weighted by atomic mass is 9.70. The van der Waals surface area contributed by atoms with Gasteiger partial charge >= 0.3 is 0 Å². The van der Waals surface area contributed by atoms with Crippen LogP contribution in [0.25, 0.3) is 0 Å². The van der Waals surface area contributed by atoms with Gasteiger partial charge in [0, 0.05) is 29.3 Å². The van der Waals surface area contributed by atoms with Crippen LogP contribution in [-0.2, 0) is 10.3 Å². The molecule has 1 aromatic carbocycles. The number of alkyl halides is 2. The van der Waals surface area contributed by atoms with Gasteiger partial charge in [-0.15, -0.1) is 0 Å². The van der Waals surface area contributed by atoms with E-state index in [1.54, 1.807) is 0 Å². The van der Waals surface area contributed by atoms with Crippen molar-refractivity contribution in [2.45, 2.75) is 25.3 Å². The fraction of sp³-hybridized carbons (Fsp3) is 0.429. The average Bonchev–Trinajstić information content (AvgIpc) is 3.10. The van der Waals surface area contributed by atoms with E-state index in [1.165, 1.54) is 30.0 Å². The van der Waals surface area contributed by atoms with Gasteiger partial charge in [0.15, 0.2) is 11.8 Å². The third-order valence-electron chi connectivity index (χ3n) is 5.57. The molecule has 1 saturated heterocycles. The summed E-state index contributed by atoms with van der Waals surface area (Å²) in [6.45, 7) is 2.40. The molecule has 2 atom stereocenters. The van der Waals surface area contributed by atoms with E-state index < -0.39 is 35.2 Å². The van der Waals surface area contributed by atoms with Gasteiger partial charge in [0.1, 0.15) is 17.1 Å². The van der Waals surface area contributed by atoms with Crippen molar-refractivity contribution in [1.82, 2.24) is 9.97 Å². The molecular formula is C21H22F3N5O3S. The monoisotopic (exact) mass is 481 g/mol. The molecule has 3 N–H and O–H groups in total. The van der Waals surface area contributed by atoms with Crippen molar-refractivity contribution in [2.24, 2.45) is 16.1 Å². The Hall–Kier alpha value is -2.86. The Morgan fingerprint density at radius 1 is 1.33 bits per heavy atom. The first-order chi connectivity index (χ1) is 15.5. The minimum Gasteiger partial charge on any atom is -0.470 e. The van der Waals surface area contributed by atoms with Gasteiger partial charge in [-0.05, 0) is 18.2 Å². The van der Waals surface area contributed by atoms with Crippen molar-refractivity contribution < 1.29 is 27.4 Å². The van der Waals surface area contributed by atoms with Crippen LogP contribution in [0.4, 0.5) is 18.9 Å². The highest BCUT2D eigenvalue weighted by Crippen LogP contribution is 2.53. The number of halogens is 3. The van der Waals surface area contributed by atoms with Crippen molar-refractivity contribution in [3.05, 3.63) is 47.7 Å². The predicted octanol–water partition coefficient (Wildman–Crippen LogP) is 3.20. The number of fused-ring (bicyclic) bond motifs is 1. The fourth-order valence-corrected chi connectivity index (χ4v) is 4.80. The molecular weight excluding hydrogens is 459 g/mol. The van der Waals surface area contributed by atoms with Gasteiger partial charge in [-0.25, -0.2) is 28.1 Å². The van der Waals surface area contributed by atoms with Crippen LogP contribution in [0.15, 0.2) is 35.6 Å². The summed E-state index contributed by atoms with van der Waals surface area (Å²) in [5.41, 5.74) is 5.02. The Kier molecular flexibility index (Phi) is 5.99. The number of ether oxygens (including phenoxy) is 2. The predicted molar refractivity (Wildman–Crippen MR) is 117 cm³/mol. The number of hydrogen-bond acceptors (Lipinski definition) is 8. The van der Waals surface area contributed by atoms with Crippen LogP contribution in [0, 0.1) is 11.2 Å². The number of carbonyl (C=O) groups is 1. The topological polar surface area (TPSA) is 112 Å². The van der Waals surface area contributed by atoms with Gasteiger partial charge < -0.3 is 20.5 Å². The van der Waals surface area contributed by atoms with Crippen molar-refractivity contribution in [3.8, 4) is 5.88 Å². The minimum absolute atomic E-state index is 0.0694. The SMILES string of the molecule is CC(F)(F)COc1cnc(C(=O)Nc2ccc(F)c(C34COCC3(C)CSC(N)=N4)c2)cn1. The maximum atomic E-state index is 15.0. The molecule has 2 aliphatic rings. The second-order valence-corrected chi connectivity index (χ2v) is 9.40.